The van der Waals surface area contributed by atoms with Gasteiger partial charge < -0.3 is 9.72 Å². The molecule has 150 valence electrons. The Kier molecular flexibility index (Phi) is 6.02. The molecule has 0 bridgehead atoms. The van der Waals surface area contributed by atoms with Gasteiger partial charge in [0.1, 0.15) is 11.6 Å². The number of nitrogens with zero attached hydrogens (tertiary/aromatic N) is 5. The molecule has 29 heavy (non-hydrogen) atoms. The molecule has 4 heterocycles. The first-order valence-electron chi connectivity index (χ1n) is 9.74. The van der Waals surface area contributed by atoms with Crippen molar-refractivity contribution >= 4 is 0 Å². The van der Waals surface area contributed by atoms with Crippen LogP contribution in [0.1, 0.15) is 29.6 Å². The molecule has 1 aliphatic rings. The fourth-order valence-corrected chi connectivity index (χ4v) is 3.58. The maximum atomic E-state index is 12.2. The summed E-state index contributed by atoms with van der Waals surface area (Å²) in [5.41, 5.74) is 2.46. The van der Waals surface area contributed by atoms with Crippen LogP contribution in [0.2, 0.25) is 0 Å². The second kappa shape index (κ2) is 9.02. The van der Waals surface area contributed by atoms with E-state index >= 15 is 0 Å². The number of likely N-dealkylation sites (tertiary alicyclic amines) is 1. The molecule has 8 heteroatoms. The number of H-pyrrole nitrogens is 1. The second-order valence-electron chi connectivity index (χ2n) is 7.23. The maximum Gasteiger partial charge on any atom is 0.251 e. The van der Waals surface area contributed by atoms with Crippen LogP contribution in [0.25, 0.3) is 11.3 Å². The van der Waals surface area contributed by atoms with Crippen molar-refractivity contribution in [2.45, 2.75) is 25.3 Å². The number of hydrogen-bond donors (Lipinski definition) is 1. The van der Waals surface area contributed by atoms with Crippen molar-refractivity contribution in [3.63, 3.8) is 0 Å². The van der Waals surface area contributed by atoms with Gasteiger partial charge >= 0.3 is 0 Å². The third-order valence-electron chi connectivity index (χ3n) is 5.07. The fourth-order valence-electron chi connectivity index (χ4n) is 3.58. The van der Waals surface area contributed by atoms with E-state index in [1.807, 2.05) is 24.5 Å². The summed E-state index contributed by atoms with van der Waals surface area (Å²) >= 11 is 0. The van der Waals surface area contributed by atoms with Crippen LogP contribution in [0.4, 0.5) is 0 Å². The van der Waals surface area contributed by atoms with Crippen LogP contribution < -0.4 is 5.56 Å². The summed E-state index contributed by atoms with van der Waals surface area (Å²) < 4.78 is 5.06. The highest BCUT2D eigenvalue weighted by Crippen LogP contribution is 2.26. The predicted octanol–water partition coefficient (Wildman–Crippen LogP) is 1.80. The topological polar surface area (TPSA) is 96.9 Å². The SMILES string of the molecule is COCCc1ncc(CN2CCC(c3nc(-c4cccnc4)cc(=O)[nH]3)C2)cn1. The molecular weight excluding hydrogens is 368 g/mol. The largest absolute Gasteiger partial charge is 0.384 e. The zero-order chi connectivity index (χ0) is 20.1. The summed E-state index contributed by atoms with van der Waals surface area (Å²) in [6.07, 6.45) is 8.87. The minimum Gasteiger partial charge on any atom is -0.384 e. The summed E-state index contributed by atoms with van der Waals surface area (Å²) in [5, 5.41) is 0. The molecule has 4 rings (SSSR count). The van der Waals surface area contributed by atoms with E-state index in [9.17, 15) is 4.79 Å². The van der Waals surface area contributed by atoms with E-state index in [0.29, 0.717) is 12.3 Å². The summed E-state index contributed by atoms with van der Waals surface area (Å²) in [6.45, 7) is 3.19. The maximum absolute atomic E-state index is 12.2. The van der Waals surface area contributed by atoms with Gasteiger partial charge in [-0.1, -0.05) is 0 Å². The van der Waals surface area contributed by atoms with Crippen molar-refractivity contribution in [2.24, 2.45) is 0 Å². The Hall–Kier alpha value is -2.97. The number of nitrogens with one attached hydrogen (secondary N) is 1. The normalized spacial score (nSPS) is 16.9. The van der Waals surface area contributed by atoms with Gasteiger partial charge in [0.2, 0.25) is 0 Å². The third-order valence-corrected chi connectivity index (χ3v) is 5.07. The molecule has 1 unspecified atom stereocenters. The van der Waals surface area contributed by atoms with Crippen LogP contribution in [0.15, 0.2) is 47.8 Å². The van der Waals surface area contributed by atoms with Crippen LogP contribution in [-0.2, 0) is 17.7 Å². The van der Waals surface area contributed by atoms with Crippen molar-refractivity contribution in [1.29, 1.82) is 0 Å². The number of rotatable bonds is 7. The molecule has 1 N–H and O–H groups in total. The molecule has 1 saturated heterocycles. The molecule has 0 aliphatic carbocycles. The minimum absolute atomic E-state index is 0.132. The standard InChI is InChI=1S/C21H24N6O2/c1-29-8-5-19-23-10-15(11-24-19)13-27-7-4-17(14-27)21-25-18(9-20(28)26-21)16-3-2-6-22-12-16/h2-3,6,9-12,17H,4-5,7-8,13-14H2,1H3,(H,25,26,28). The first-order chi connectivity index (χ1) is 14.2. The zero-order valence-corrected chi connectivity index (χ0v) is 16.4. The Balaban J connectivity index is 1.42. The van der Waals surface area contributed by atoms with Crippen molar-refractivity contribution < 1.29 is 4.74 Å². The van der Waals surface area contributed by atoms with Crippen molar-refractivity contribution in [1.82, 2.24) is 29.8 Å². The molecular formula is C21H24N6O2. The zero-order valence-electron chi connectivity index (χ0n) is 16.4. The van der Waals surface area contributed by atoms with Crippen LogP contribution in [0.3, 0.4) is 0 Å². The molecule has 0 radical (unpaired) electrons. The minimum atomic E-state index is -0.132. The third kappa shape index (κ3) is 4.90. The lowest BCUT2D eigenvalue weighted by molar-refractivity contribution is 0.200. The van der Waals surface area contributed by atoms with E-state index in [1.165, 1.54) is 6.07 Å². The molecule has 1 aliphatic heterocycles. The van der Waals surface area contributed by atoms with Crippen LogP contribution in [-0.4, -0.2) is 56.6 Å². The number of aromatic nitrogens is 5. The van der Waals surface area contributed by atoms with Crippen LogP contribution >= 0.6 is 0 Å². The van der Waals surface area contributed by atoms with E-state index in [4.69, 9.17) is 9.72 Å². The predicted molar refractivity (Wildman–Crippen MR) is 108 cm³/mol. The number of ether oxygens (including phenoxy) is 1. The second-order valence-corrected chi connectivity index (χ2v) is 7.23. The number of methoxy groups -OCH3 is 1. The van der Waals surface area contributed by atoms with E-state index in [2.05, 4.69) is 24.8 Å². The molecule has 1 fully saturated rings. The number of aromatic amines is 1. The van der Waals surface area contributed by atoms with Gasteiger partial charge in [0.05, 0.1) is 12.3 Å². The van der Waals surface area contributed by atoms with Gasteiger partial charge in [-0.3, -0.25) is 14.7 Å². The Morgan fingerprint density at radius 1 is 1.28 bits per heavy atom. The molecule has 0 spiro atoms. The Labute approximate surface area is 169 Å². The van der Waals surface area contributed by atoms with Crippen molar-refractivity contribution in [2.75, 3.05) is 26.8 Å². The molecule has 3 aromatic rings. The van der Waals surface area contributed by atoms with Gasteiger partial charge in [-0.25, -0.2) is 15.0 Å². The van der Waals surface area contributed by atoms with Gasteiger partial charge in [0.25, 0.3) is 5.56 Å². The van der Waals surface area contributed by atoms with Crippen molar-refractivity contribution in [3.05, 3.63) is 70.6 Å². The van der Waals surface area contributed by atoms with E-state index in [0.717, 1.165) is 55.3 Å². The molecule has 0 aromatic carbocycles. The summed E-state index contributed by atoms with van der Waals surface area (Å²) in [7, 11) is 1.67. The van der Waals surface area contributed by atoms with Gasteiger partial charge in [-0.05, 0) is 25.1 Å². The van der Waals surface area contributed by atoms with Gasteiger partial charge in [0, 0.05) is 74.5 Å². The first kappa shape index (κ1) is 19.4. The highest BCUT2D eigenvalue weighted by molar-refractivity contribution is 5.56. The Morgan fingerprint density at radius 3 is 2.90 bits per heavy atom. The van der Waals surface area contributed by atoms with Crippen molar-refractivity contribution in [3.8, 4) is 11.3 Å². The Bertz CT molecular complexity index is 990. The number of pyridine rings is 1. The highest BCUT2D eigenvalue weighted by atomic mass is 16.5. The van der Waals surface area contributed by atoms with E-state index < -0.39 is 0 Å². The van der Waals surface area contributed by atoms with Gasteiger partial charge in [0.15, 0.2) is 0 Å². The summed E-state index contributed by atoms with van der Waals surface area (Å²) in [5.74, 6) is 1.73. The molecule has 0 amide bonds. The van der Waals surface area contributed by atoms with Gasteiger partial charge in [-0.15, -0.1) is 0 Å². The monoisotopic (exact) mass is 392 g/mol. The van der Waals surface area contributed by atoms with Crippen LogP contribution in [0.5, 0.6) is 0 Å². The smallest absolute Gasteiger partial charge is 0.251 e. The lowest BCUT2D eigenvalue weighted by Crippen LogP contribution is -2.21. The quantitative estimate of drug-likeness (QED) is 0.655. The lowest BCUT2D eigenvalue weighted by atomic mass is 10.1. The lowest BCUT2D eigenvalue weighted by Gasteiger charge is -2.16. The average Bonchev–Trinajstić information content (AvgIpc) is 3.22. The number of hydrogen-bond acceptors (Lipinski definition) is 7. The first-order valence-corrected chi connectivity index (χ1v) is 9.74. The molecule has 1 atom stereocenters. The van der Waals surface area contributed by atoms with E-state index in [-0.39, 0.29) is 11.5 Å². The van der Waals surface area contributed by atoms with Crippen LogP contribution in [0, 0.1) is 0 Å². The summed E-state index contributed by atoms with van der Waals surface area (Å²) in [4.78, 5) is 35.1. The van der Waals surface area contributed by atoms with Gasteiger partial charge in [-0.2, -0.15) is 0 Å². The Morgan fingerprint density at radius 2 is 2.14 bits per heavy atom. The molecule has 3 aromatic heterocycles. The molecule has 0 saturated carbocycles. The molecule has 8 nitrogen and oxygen atoms in total. The summed E-state index contributed by atoms with van der Waals surface area (Å²) in [6, 6.07) is 5.28. The highest BCUT2D eigenvalue weighted by Gasteiger charge is 2.26. The van der Waals surface area contributed by atoms with E-state index in [1.54, 1.807) is 19.5 Å². The fraction of sp³-hybridized carbons (Fsp3) is 0.381. The average molecular weight is 392 g/mol.